The fourth-order valence-electron chi connectivity index (χ4n) is 1.06. The Balaban J connectivity index is 3.05. The summed E-state index contributed by atoms with van der Waals surface area (Å²) in [6.07, 6.45) is 0.334. The third-order valence-corrected chi connectivity index (χ3v) is 2.01. The van der Waals surface area contributed by atoms with Gasteiger partial charge in [-0.25, -0.2) is 13.2 Å². The average molecular weight is 300 g/mol. The van der Waals surface area contributed by atoms with E-state index in [9.17, 15) is 13.2 Å². The molecule has 0 spiro atoms. The van der Waals surface area contributed by atoms with Gasteiger partial charge in [0.05, 0.1) is 0 Å². The Morgan fingerprint density at radius 2 is 1.92 bits per heavy atom. The van der Waals surface area contributed by atoms with E-state index >= 15 is 0 Å². The zero-order chi connectivity index (χ0) is 10.0. The molecule has 1 aromatic rings. The molecule has 0 nitrogen and oxygen atoms in total. The van der Waals surface area contributed by atoms with Crippen molar-refractivity contribution in [1.29, 1.82) is 0 Å². The minimum absolute atomic E-state index is 0.0967. The molecule has 4 heteroatoms. The lowest BCUT2D eigenvalue weighted by Crippen LogP contribution is -2.02. The molecule has 1 atom stereocenters. The molecule has 0 fully saturated rings. The van der Waals surface area contributed by atoms with Gasteiger partial charge in [0.1, 0.15) is 5.82 Å². The molecule has 0 saturated heterocycles. The van der Waals surface area contributed by atoms with E-state index in [2.05, 4.69) is 22.6 Å². The van der Waals surface area contributed by atoms with Crippen LogP contribution in [0, 0.1) is 17.5 Å². The quantitative estimate of drug-likeness (QED) is 0.446. The number of alkyl halides is 1. The fourth-order valence-corrected chi connectivity index (χ4v) is 1.54. The maximum atomic E-state index is 13.0. The first-order valence-electron chi connectivity index (χ1n) is 3.78. The van der Waals surface area contributed by atoms with Crippen LogP contribution in [-0.2, 0) is 6.42 Å². The van der Waals surface area contributed by atoms with Crippen molar-refractivity contribution in [3.63, 3.8) is 0 Å². The van der Waals surface area contributed by atoms with Gasteiger partial charge in [0.15, 0.2) is 11.6 Å². The van der Waals surface area contributed by atoms with Gasteiger partial charge >= 0.3 is 0 Å². The summed E-state index contributed by atoms with van der Waals surface area (Å²) >= 11 is 2.07. The molecule has 0 radical (unpaired) electrons. The zero-order valence-corrected chi connectivity index (χ0v) is 9.11. The summed E-state index contributed by atoms with van der Waals surface area (Å²) in [5, 5.41) is 0. The molecule has 0 amide bonds. The van der Waals surface area contributed by atoms with Crippen LogP contribution in [0.5, 0.6) is 0 Å². The van der Waals surface area contributed by atoms with E-state index in [4.69, 9.17) is 0 Å². The highest BCUT2D eigenvalue weighted by molar-refractivity contribution is 14.1. The van der Waals surface area contributed by atoms with E-state index in [0.29, 0.717) is 12.5 Å². The summed E-state index contributed by atoms with van der Waals surface area (Å²) < 4.78 is 38.5. The normalized spacial score (nSPS) is 13.0. The Hall–Kier alpha value is -0.260. The van der Waals surface area contributed by atoms with Gasteiger partial charge in [-0.15, -0.1) is 0 Å². The van der Waals surface area contributed by atoms with Crippen molar-refractivity contribution < 1.29 is 13.2 Å². The molecular weight excluding hydrogens is 292 g/mol. The summed E-state index contributed by atoms with van der Waals surface area (Å²) in [4.78, 5) is 0. The molecule has 1 rings (SSSR count). The molecule has 72 valence electrons. The number of hydrogen-bond donors (Lipinski definition) is 0. The molecule has 13 heavy (non-hydrogen) atoms. The van der Waals surface area contributed by atoms with Gasteiger partial charge < -0.3 is 0 Å². The van der Waals surface area contributed by atoms with Gasteiger partial charge in [0.25, 0.3) is 0 Å². The molecule has 0 aliphatic heterocycles. The minimum atomic E-state index is -1.12. The average Bonchev–Trinajstić information content (AvgIpc) is 1.98. The summed E-state index contributed by atoms with van der Waals surface area (Å²) in [7, 11) is 0. The van der Waals surface area contributed by atoms with Crippen molar-refractivity contribution in [2.75, 3.05) is 0 Å². The lowest BCUT2D eigenvalue weighted by atomic mass is 10.1. The SMILES string of the molecule is C[C@H](I)Cc1cc(F)cc(F)c1F. The Morgan fingerprint density at radius 1 is 1.31 bits per heavy atom. The number of hydrogen-bond acceptors (Lipinski definition) is 0. The summed E-state index contributed by atoms with van der Waals surface area (Å²) in [6.45, 7) is 1.85. The van der Waals surface area contributed by atoms with Gasteiger partial charge in [0, 0.05) is 9.99 Å². The number of rotatable bonds is 2. The maximum Gasteiger partial charge on any atom is 0.162 e. The summed E-state index contributed by atoms with van der Waals surface area (Å²) in [5.41, 5.74) is 0.0967. The maximum absolute atomic E-state index is 13.0. The summed E-state index contributed by atoms with van der Waals surface area (Å²) in [5.74, 6) is -2.79. The lowest BCUT2D eigenvalue weighted by Gasteiger charge is -2.05. The van der Waals surface area contributed by atoms with Crippen LogP contribution in [0.15, 0.2) is 12.1 Å². The molecule has 0 aromatic heterocycles. The van der Waals surface area contributed by atoms with Crippen molar-refractivity contribution in [3.8, 4) is 0 Å². The van der Waals surface area contributed by atoms with Crippen LogP contribution in [0.2, 0.25) is 0 Å². The molecule has 0 aliphatic rings. The van der Waals surface area contributed by atoms with Crippen molar-refractivity contribution in [2.45, 2.75) is 17.3 Å². The highest BCUT2D eigenvalue weighted by Gasteiger charge is 2.12. The van der Waals surface area contributed by atoms with Crippen LogP contribution in [-0.4, -0.2) is 3.92 Å². The topological polar surface area (TPSA) is 0 Å². The standard InChI is InChI=1S/C9H8F3I/c1-5(13)2-6-3-7(10)4-8(11)9(6)12/h3-5H,2H2,1H3/t5-/m0/s1. The lowest BCUT2D eigenvalue weighted by molar-refractivity contribution is 0.485. The van der Waals surface area contributed by atoms with Crippen LogP contribution in [0.4, 0.5) is 13.2 Å². The Kier molecular flexibility index (Phi) is 3.58. The third kappa shape index (κ3) is 2.86. The molecule has 0 heterocycles. The predicted molar refractivity (Wildman–Crippen MR) is 53.5 cm³/mol. The van der Waals surface area contributed by atoms with Gasteiger partial charge in [-0.05, 0) is 18.1 Å². The fraction of sp³-hybridized carbons (Fsp3) is 0.333. The van der Waals surface area contributed by atoms with E-state index in [0.717, 1.165) is 6.07 Å². The van der Waals surface area contributed by atoms with Gasteiger partial charge in [-0.3, -0.25) is 0 Å². The molecule has 1 aromatic carbocycles. The van der Waals surface area contributed by atoms with Crippen LogP contribution < -0.4 is 0 Å². The van der Waals surface area contributed by atoms with Crippen molar-refractivity contribution in [3.05, 3.63) is 35.1 Å². The van der Waals surface area contributed by atoms with E-state index in [1.54, 1.807) is 0 Å². The van der Waals surface area contributed by atoms with Gasteiger partial charge in [-0.1, -0.05) is 29.5 Å². The molecule has 0 unspecified atom stereocenters. The first-order chi connectivity index (χ1) is 6.00. The molecule has 0 aliphatic carbocycles. The second kappa shape index (κ2) is 4.30. The van der Waals surface area contributed by atoms with E-state index in [1.165, 1.54) is 0 Å². The van der Waals surface area contributed by atoms with Gasteiger partial charge in [0.2, 0.25) is 0 Å². The molecule has 0 saturated carbocycles. The number of benzene rings is 1. The van der Waals surface area contributed by atoms with Crippen LogP contribution in [0.25, 0.3) is 0 Å². The Labute approximate surface area is 88.3 Å². The van der Waals surface area contributed by atoms with Crippen molar-refractivity contribution >= 4 is 22.6 Å². The predicted octanol–water partition coefficient (Wildman–Crippen LogP) is 3.47. The first kappa shape index (κ1) is 10.8. The minimum Gasteiger partial charge on any atom is -0.207 e. The van der Waals surface area contributed by atoms with Crippen LogP contribution >= 0.6 is 22.6 Å². The summed E-state index contributed by atoms with van der Waals surface area (Å²) in [6, 6.07) is 1.59. The van der Waals surface area contributed by atoms with E-state index < -0.39 is 17.5 Å². The highest BCUT2D eigenvalue weighted by Crippen LogP contribution is 2.18. The molecule has 0 bridgehead atoms. The van der Waals surface area contributed by atoms with Crippen LogP contribution in [0.1, 0.15) is 12.5 Å². The largest absolute Gasteiger partial charge is 0.207 e. The second-order valence-corrected chi connectivity index (χ2v) is 4.97. The second-order valence-electron chi connectivity index (χ2n) is 2.85. The van der Waals surface area contributed by atoms with E-state index in [-0.39, 0.29) is 9.49 Å². The number of halogens is 4. The highest BCUT2D eigenvalue weighted by atomic mass is 127. The van der Waals surface area contributed by atoms with E-state index in [1.807, 2.05) is 6.92 Å². The Morgan fingerprint density at radius 3 is 2.46 bits per heavy atom. The van der Waals surface area contributed by atoms with Gasteiger partial charge in [-0.2, -0.15) is 0 Å². The monoisotopic (exact) mass is 300 g/mol. The molecule has 0 N–H and O–H groups in total. The zero-order valence-electron chi connectivity index (χ0n) is 6.95. The smallest absolute Gasteiger partial charge is 0.162 e. The van der Waals surface area contributed by atoms with Crippen LogP contribution in [0.3, 0.4) is 0 Å². The van der Waals surface area contributed by atoms with Crippen molar-refractivity contribution in [2.24, 2.45) is 0 Å². The Bertz CT molecular complexity index is 310. The third-order valence-electron chi connectivity index (χ3n) is 1.57. The van der Waals surface area contributed by atoms with Crippen molar-refractivity contribution in [1.82, 2.24) is 0 Å². The first-order valence-corrected chi connectivity index (χ1v) is 5.02. The molecular formula is C9H8F3I.